The zero-order chi connectivity index (χ0) is 13.7. The van der Waals surface area contributed by atoms with Gasteiger partial charge in [-0.1, -0.05) is 13.8 Å². The van der Waals surface area contributed by atoms with Crippen LogP contribution in [0, 0.1) is 27.7 Å². The van der Waals surface area contributed by atoms with E-state index >= 15 is 0 Å². The maximum atomic E-state index is 13.3. The van der Waals surface area contributed by atoms with Crippen molar-refractivity contribution in [2.45, 2.75) is 26.7 Å². The molecule has 1 N–H and O–H groups in total. The Bertz CT molecular complexity index is 436. The molecular weight excluding hydrogens is 242 g/mol. The first-order chi connectivity index (χ1) is 8.41. The maximum Gasteiger partial charge on any atom is 0.327 e. The predicted molar refractivity (Wildman–Crippen MR) is 65.6 cm³/mol. The molecule has 100 valence electrons. The minimum atomic E-state index is -1.16. The van der Waals surface area contributed by atoms with E-state index in [1.54, 1.807) is 0 Å². The van der Waals surface area contributed by atoms with Gasteiger partial charge in [0, 0.05) is 18.7 Å². The Morgan fingerprint density at radius 3 is 2.61 bits per heavy atom. The van der Waals surface area contributed by atoms with E-state index in [1.165, 1.54) is 0 Å². The molecule has 1 aromatic rings. The van der Waals surface area contributed by atoms with Crippen LogP contribution in [0.4, 0.5) is 20.2 Å². The third-order valence-electron chi connectivity index (χ3n) is 2.48. The SMILES string of the molecule is CC(C)CCCNc1cc(F)cc(F)c1[N+](=O)[O-]. The van der Waals surface area contributed by atoms with Gasteiger partial charge in [-0.05, 0) is 18.8 Å². The van der Waals surface area contributed by atoms with Gasteiger partial charge in [-0.25, -0.2) is 4.39 Å². The van der Waals surface area contributed by atoms with Gasteiger partial charge in [0.05, 0.1) is 4.92 Å². The number of anilines is 1. The summed E-state index contributed by atoms with van der Waals surface area (Å²) in [6.07, 6.45) is 1.73. The second-order valence-corrected chi connectivity index (χ2v) is 4.50. The molecule has 0 fully saturated rings. The van der Waals surface area contributed by atoms with Gasteiger partial charge < -0.3 is 5.32 Å². The standard InChI is InChI=1S/C12H16F2N2O2/c1-8(2)4-3-5-15-11-7-9(13)6-10(14)12(11)16(17)18/h6-8,15H,3-5H2,1-2H3. The third kappa shape index (κ3) is 3.94. The highest BCUT2D eigenvalue weighted by Gasteiger charge is 2.21. The Morgan fingerprint density at radius 1 is 1.39 bits per heavy atom. The molecule has 1 rings (SSSR count). The Kier molecular flexibility index (Phi) is 5.00. The summed E-state index contributed by atoms with van der Waals surface area (Å²) < 4.78 is 26.3. The number of halogens is 2. The highest BCUT2D eigenvalue weighted by Crippen LogP contribution is 2.28. The molecule has 0 aliphatic rings. The molecule has 1 aromatic carbocycles. The van der Waals surface area contributed by atoms with Crippen LogP contribution in [0.15, 0.2) is 12.1 Å². The van der Waals surface area contributed by atoms with E-state index in [4.69, 9.17) is 0 Å². The quantitative estimate of drug-likeness (QED) is 0.480. The second-order valence-electron chi connectivity index (χ2n) is 4.50. The van der Waals surface area contributed by atoms with E-state index in [-0.39, 0.29) is 5.69 Å². The molecule has 0 aromatic heterocycles. The number of nitrogens with zero attached hydrogens (tertiary/aromatic N) is 1. The average molecular weight is 258 g/mol. The Labute approximate surface area is 104 Å². The lowest BCUT2D eigenvalue weighted by atomic mass is 10.1. The van der Waals surface area contributed by atoms with E-state index in [1.807, 2.05) is 0 Å². The predicted octanol–water partition coefficient (Wildman–Crippen LogP) is 3.72. The normalized spacial score (nSPS) is 10.7. The van der Waals surface area contributed by atoms with Gasteiger partial charge in [-0.2, -0.15) is 4.39 Å². The molecule has 0 saturated heterocycles. The van der Waals surface area contributed by atoms with Crippen LogP contribution in [0.5, 0.6) is 0 Å². The first-order valence-electron chi connectivity index (χ1n) is 5.79. The first kappa shape index (κ1) is 14.3. The Morgan fingerprint density at radius 2 is 2.06 bits per heavy atom. The molecule has 0 amide bonds. The summed E-state index contributed by atoms with van der Waals surface area (Å²) in [6, 6.07) is 1.45. The lowest BCUT2D eigenvalue weighted by Gasteiger charge is -2.09. The fourth-order valence-corrected chi connectivity index (χ4v) is 1.62. The molecule has 0 aliphatic heterocycles. The van der Waals surface area contributed by atoms with Gasteiger partial charge in [0.1, 0.15) is 11.5 Å². The lowest BCUT2D eigenvalue weighted by molar-refractivity contribution is -0.386. The van der Waals surface area contributed by atoms with Crippen molar-refractivity contribution in [1.29, 1.82) is 0 Å². The molecule has 0 unspecified atom stereocenters. The van der Waals surface area contributed by atoms with Crippen LogP contribution < -0.4 is 5.32 Å². The molecule has 0 radical (unpaired) electrons. The number of hydrogen-bond donors (Lipinski definition) is 1. The fourth-order valence-electron chi connectivity index (χ4n) is 1.62. The summed E-state index contributed by atoms with van der Waals surface area (Å²) >= 11 is 0. The molecule has 18 heavy (non-hydrogen) atoms. The van der Waals surface area contributed by atoms with Gasteiger partial charge in [0.15, 0.2) is 0 Å². The molecule has 4 nitrogen and oxygen atoms in total. The van der Waals surface area contributed by atoms with Crippen LogP contribution in [-0.2, 0) is 0 Å². The van der Waals surface area contributed by atoms with Crippen LogP contribution in [0.25, 0.3) is 0 Å². The van der Waals surface area contributed by atoms with Crippen molar-refractivity contribution in [1.82, 2.24) is 0 Å². The molecule has 0 heterocycles. The van der Waals surface area contributed by atoms with Crippen molar-refractivity contribution >= 4 is 11.4 Å². The third-order valence-corrected chi connectivity index (χ3v) is 2.48. The van der Waals surface area contributed by atoms with Crippen molar-refractivity contribution in [3.63, 3.8) is 0 Å². The van der Waals surface area contributed by atoms with Gasteiger partial charge in [0.2, 0.25) is 5.82 Å². The molecule has 0 saturated carbocycles. The lowest BCUT2D eigenvalue weighted by Crippen LogP contribution is -2.07. The first-order valence-corrected chi connectivity index (χ1v) is 5.79. The summed E-state index contributed by atoms with van der Waals surface area (Å²) in [7, 11) is 0. The van der Waals surface area contributed by atoms with Crippen LogP contribution >= 0.6 is 0 Å². The topological polar surface area (TPSA) is 55.2 Å². The zero-order valence-corrected chi connectivity index (χ0v) is 10.4. The van der Waals surface area contributed by atoms with Crippen molar-refractivity contribution in [2.24, 2.45) is 5.92 Å². The maximum absolute atomic E-state index is 13.3. The molecule has 0 atom stereocenters. The van der Waals surface area contributed by atoms with E-state index in [2.05, 4.69) is 19.2 Å². The summed E-state index contributed by atoms with van der Waals surface area (Å²) in [5.74, 6) is -1.47. The van der Waals surface area contributed by atoms with Gasteiger partial charge >= 0.3 is 5.69 Å². The summed E-state index contributed by atoms with van der Waals surface area (Å²) in [5, 5.41) is 13.4. The van der Waals surface area contributed by atoms with E-state index in [9.17, 15) is 18.9 Å². The molecule has 0 spiro atoms. The van der Waals surface area contributed by atoms with E-state index in [0.29, 0.717) is 18.5 Å². The Hall–Kier alpha value is -1.72. The Balaban J connectivity index is 2.77. The van der Waals surface area contributed by atoms with Crippen LogP contribution in [0.1, 0.15) is 26.7 Å². The van der Waals surface area contributed by atoms with Crippen molar-refractivity contribution in [3.8, 4) is 0 Å². The average Bonchev–Trinajstić information content (AvgIpc) is 2.22. The van der Waals surface area contributed by atoms with Crippen molar-refractivity contribution < 1.29 is 13.7 Å². The molecule has 0 bridgehead atoms. The van der Waals surface area contributed by atoms with Crippen LogP contribution in [0.3, 0.4) is 0 Å². The second kappa shape index (κ2) is 6.28. The van der Waals surface area contributed by atoms with Gasteiger partial charge in [0.25, 0.3) is 0 Å². The monoisotopic (exact) mass is 258 g/mol. The number of nitro benzene ring substituents is 1. The summed E-state index contributed by atoms with van der Waals surface area (Å²) in [6.45, 7) is 4.57. The van der Waals surface area contributed by atoms with Gasteiger partial charge in [-0.3, -0.25) is 10.1 Å². The van der Waals surface area contributed by atoms with Crippen molar-refractivity contribution in [3.05, 3.63) is 33.9 Å². The van der Waals surface area contributed by atoms with Crippen LogP contribution in [-0.4, -0.2) is 11.5 Å². The number of hydrogen-bond acceptors (Lipinski definition) is 3. The highest BCUT2D eigenvalue weighted by atomic mass is 19.1. The number of rotatable bonds is 6. The molecule has 6 heteroatoms. The number of benzene rings is 1. The minimum Gasteiger partial charge on any atom is -0.379 e. The summed E-state index contributed by atoms with van der Waals surface area (Å²) in [4.78, 5) is 9.85. The number of nitro groups is 1. The van der Waals surface area contributed by atoms with E-state index < -0.39 is 22.2 Å². The van der Waals surface area contributed by atoms with Crippen molar-refractivity contribution in [2.75, 3.05) is 11.9 Å². The highest BCUT2D eigenvalue weighted by molar-refractivity contribution is 5.62. The fraction of sp³-hybridized carbons (Fsp3) is 0.500. The minimum absolute atomic E-state index is 0.110. The van der Waals surface area contributed by atoms with Gasteiger partial charge in [-0.15, -0.1) is 0 Å². The van der Waals surface area contributed by atoms with E-state index in [0.717, 1.165) is 18.9 Å². The smallest absolute Gasteiger partial charge is 0.327 e. The number of nitrogens with one attached hydrogen (secondary N) is 1. The van der Waals surface area contributed by atoms with Crippen LogP contribution in [0.2, 0.25) is 0 Å². The molecular formula is C12H16F2N2O2. The molecule has 0 aliphatic carbocycles. The largest absolute Gasteiger partial charge is 0.379 e. The summed E-state index contributed by atoms with van der Waals surface area (Å²) in [5.41, 5.74) is -0.817. The zero-order valence-electron chi connectivity index (χ0n) is 10.4.